The SMILES string of the molecule is O=C(NCCNC(=O)C1CCCO1)c1ccncc1. The van der Waals surface area contributed by atoms with Gasteiger partial charge in [-0.15, -0.1) is 0 Å². The molecule has 102 valence electrons. The Morgan fingerprint density at radius 2 is 2.00 bits per heavy atom. The van der Waals surface area contributed by atoms with Crippen molar-refractivity contribution in [1.29, 1.82) is 0 Å². The standard InChI is InChI=1S/C13H17N3O3/c17-12(10-3-5-14-6-4-10)15-7-8-16-13(18)11-2-1-9-19-11/h3-6,11H,1-2,7-9H2,(H,15,17)(H,16,18). The maximum Gasteiger partial charge on any atom is 0.251 e. The first kappa shape index (κ1) is 13.5. The van der Waals surface area contributed by atoms with E-state index in [0.717, 1.165) is 12.8 Å². The highest BCUT2D eigenvalue weighted by molar-refractivity contribution is 5.94. The summed E-state index contributed by atoms with van der Waals surface area (Å²) >= 11 is 0. The second-order valence-electron chi connectivity index (χ2n) is 4.28. The molecule has 0 aromatic carbocycles. The lowest BCUT2D eigenvalue weighted by molar-refractivity contribution is -0.129. The van der Waals surface area contributed by atoms with Gasteiger partial charge >= 0.3 is 0 Å². The second-order valence-corrected chi connectivity index (χ2v) is 4.28. The molecule has 1 saturated heterocycles. The number of carbonyl (C=O) groups excluding carboxylic acids is 2. The zero-order valence-corrected chi connectivity index (χ0v) is 10.6. The van der Waals surface area contributed by atoms with E-state index < -0.39 is 0 Å². The van der Waals surface area contributed by atoms with E-state index in [9.17, 15) is 9.59 Å². The number of hydrogen-bond donors (Lipinski definition) is 2. The van der Waals surface area contributed by atoms with Crippen LogP contribution < -0.4 is 10.6 Å². The monoisotopic (exact) mass is 263 g/mol. The van der Waals surface area contributed by atoms with Crippen LogP contribution in [0.4, 0.5) is 0 Å². The first-order valence-electron chi connectivity index (χ1n) is 6.35. The van der Waals surface area contributed by atoms with Gasteiger partial charge in [-0.2, -0.15) is 0 Å². The summed E-state index contributed by atoms with van der Waals surface area (Å²) in [5.41, 5.74) is 0.556. The summed E-state index contributed by atoms with van der Waals surface area (Å²) < 4.78 is 5.26. The van der Waals surface area contributed by atoms with E-state index in [1.807, 2.05) is 0 Å². The lowest BCUT2D eigenvalue weighted by Gasteiger charge is -2.10. The molecule has 2 amide bonds. The molecule has 2 rings (SSSR count). The lowest BCUT2D eigenvalue weighted by Crippen LogP contribution is -2.39. The molecule has 1 atom stereocenters. The Balaban J connectivity index is 1.64. The van der Waals surface area contributed by atoms with Gasteiger partial charge in [-0.05, 0) is 25.0 Å². The van der Waals surface area contributed by atoms with Gasteiger partial charge in [0.05, 0.1) is 0 Å². The molecule has 0 aliphatic carbocycles. The topological polar surface area (TPSA) is 80.3 Å². The van der Waals surface area contributed by atoms with Crippen molar-refractivity contribution < 1.29 is 14.3 Å². The van der Waals surface area contributed by atoms with E-state index >= 15 is 0 Å². The number of aromatic nitrogens is 1. The van der Waals surface area contributed by atoms with Crippen LogP contribution in [0.25, 0.3) is 0 Å². The molecular weight excluding hydrogens is 246 g/mol. The average molecular weight is 263 g/mol. The number of carbonyl (C=O) groups is 2. The lowest BCUT2D eigenvalue weighted by atomic mass is 10.2. The predicted molar refractivity (Wildman–Crippen MR) is 68.6 cm³/mol. The van der Waals surface area contributed by atoms with E-state index in [-0.39, 0.29) is 17.9 Å². The highest BCUT2D eigenvalue weighted by Crippen LogP contribution is 2.11. The summed E-state index contributed by atoms with van der Waals surface area (Å²) in [7, 11) is 0. The van der Waals surface area contributed by atoms with Crippen molar-refractivity contribution in [3.05, 3.63) is 30.1 Å². The second kappa shape index (κ2) is 6.84. The number of pyridine rings is 1. The maximum atomic E-state index is 11.7. The third-order valence-electron chi connectivity index (χ3n) is 2.87. The van der Waals surface area contributed by atoms with Crippen LogP contribution in [0.1, 0.15) is 23.2 Å². The third-order valence-corrected chi connectivity index (χ3v) is 2.87. The third kappa shape index (κ3) is 4.03. The van der Waals surface area contributed by atoms with E-state index in [1.54, 1.807) is 24.5 Å². The molecule has 0 bridgehead atoms. The normalized spacial score (nSPS) is 18.0. The molecule has 1 aromatic heterocycles. The summed E-state index contributed by atoms with van der Waals surface area (Å²) in [4.78, 5) is 27.1. The minimum Gasteiger partial charge on any atom is -0.368 e. The van der Waals surface area contributed by atoms with Crippen molar-refractivity contribution in [2.45, 2.75) is 18.9 Å². The fraction of sp³-hybridized carbons (Fsp3) is 0.462. The fourth-order valence-corrected chi connectivity index (χ4v) is 1.87. The van der Waals surface area contributed by atoms with Crippen molar-refractivity contribution in [2.24, 2.45) is 0 Å². The summed E-state index contributed by atoms with van der Waals surface area (Å²) in [6.45, 7) is 1.44. The number of nitrogens with zero attached hydrogens (tertiary/aromatic N) is 1. The minimum atomic E-state index is -0.323. The van der Waals surface area contributed by atoms with Crippen LogP contribution in [-0.4, -0.2) is 42.6 Å². The van der Waals surface area contributed by atoms with Crippen molar-refractivity contribution in [2.75, 3.05) is 19.7 Å². The average Bonchev–Trinajstić information content (AvgIpc) is 2.98. The molecule has 0 saturated carbocycles. The Morgan fingerprint density at radius 3 is 2.68 bits per heavy atom. The van der Waals surface area contributed by atoms with Gasteiger partial charge in [-0.25, -0.2) is 0 Å². The zero-order chi connectivity index (χ0) is 13.5. The molecule has 2 N–H and O–H groups in total. The smallest absolute Gasteiger partial charge is 0.251 e. The summed E-state index contributed by atoms with van der Waals surface area (Å²) in [5, 5.41) is 5.46. The molecule has 6 nitrogen and oxygen atoms in total. The number of ether oxygens (including phenoxy) is 1. The summed E-state index contributed by atoms with van der Waals surface area (Å²) in [6, 6.07) is 3.28. The van der Waals surface area contributed by atoms with Gasteiger partial charge < -0.3 is 15.4 Å². The molecule has 1 unspecified atom stereocenters. The van der Waals surface area contributed by atoms with Gasteiger partial charge in [0, 0.05) is 37.7 Å². The first-order chi connectivity index (χ1) is 9.27. The van der Waals surface area contributed by atoms with Gasteiger partial charge in [0.15, 0.2) is 0 Å². The van der Waals surface area contributed by atoms with Crippen LogP contribution in [0, 0.1) is 0 Å². The largest absolute Gasteiger partial charge is 0.368 e. The number of amides is 2. The first-order valence-corrected chi connectivity index (χ1v) is 6.35. The van der Waals surface area contributed by atoms with E-state index in [1.165, 1.54) is 0 Å². The van der Waals surface area contributed by atoms with Crippen LogP contribution in [0.3, 0.4) is 0 Å². The quantitative estimate of drug-likeness (QED) is 0.739. The fourth-order valence-electron chi connectivity index (χ4n) is 1.87. The molecule has 1 aliphatic heterocycles. The molecular formula is C13H17N3O3. The van der Waals surface area contributed by atoms with E-state index in [2.05, 4.69) is 15.6 Å². The van der Waals surface area contributed by atoms with Crippen LogP contribution in [0.5, 0.6) is 0 Å². The molecule has 0 spiro atoms. The molecule has 1 fully saturated rings. The van der Waals surface area contributed by atoms with Crippen LogP contribution in [0.2, 0.25) is 0 Å². The Hall–Kier alpha value is -1.95. The highest BCUT2D eigenvalue weighted by Gasteiger charge is 2.22. The van der Waals surface area contributed by atoms with Crippen molar-refractivity contribution >= 4 is 11.8 Å². The Kier molecular flexibility index (Phi) is 4.85. The number of nitrogens with one attached hydrogen (secondary N) is 2. The molecule has 0 radical (unpaired) electrons. The molecule has 19 heavy (non-hydrogen) atoms. The Bertz CT molecular complexity index is 430. The molecule has 2 heterocycles. The van der Waals surface area contributed by atoms with Gasteiger partial charge in [0.1, 0.15) is 6.10 Å². The maximum absolute atomic E-state index is 11.7. The molecule has 1 aliphatic rings. The van der Waals surface area contributed by atoms with Gasteiger partial charge in [-0.1, -0.05) is 0 Å². The number of rotatable bonds is 5. The van der Waals surface area contributed by atoms with Gasteiger partial charge in [0.2, 0.25) is 5.91 Å². The minimum absolute atomic E-state index is 0.101. The van der Waals surface area contributed by atoms with Crippen molar-refractivity contribution in [3.8, 4) is 0 Å². The predicted octanol–water partition coefficient (Wildman–Crippen LogP) is 0.107. The Labute approximate surface area is 111 Å². The van der Waals surface area contributed by atoms with E-state index in [0.29, 0.717) is 25.3 Å². The van der Waals surface area contributed by atoms with Gasteiger partial charge in [0.25, 0.3) is 5.91 Å². The Morgan fingerprint density at radius 1 is 1.26 bits per heavy atom. The van der Waals surface area contributed by atoms with Crippen LogP contribution in [-0.2, 0) is 9.53 Å². The van der Waals surface area contributed by atoms with Crippen LogP contribution >= 0.6 is 0 Å². The van der Waals surface area contributed by atoms with Crippen molar-refractivity contribution in [3.63, 3.8) is 0 Å². The summed E-state index contributed by atoms with van der Waals surface area (Å²) in [5.74, 6) is -0.274. The van der Waals surface area contributed by atoms with Crippen molar-refractivity contribution in [1.82, 2.24) is 15.6 Å². The van der Waals surface area contributed by atoms with Crippen LogP contribution in [0.15, 0.2) is 24.5 Å². The highest BCUT2D eigenvalue weighted by atomic mass is 16.5. The molecule has 1 aromatic rings. The molecule has 6 heteroatoms. The summed E-state index contributed by atoms with van der Waals surface area (Å²) in [6.07, 6.45) is 4.50. The number of hydrogen-bond acceptors (Lipinski definition) is 4. The van der Waals surface area contributed by atoms with E-state index in [4.69, 9.17) is 4.74 Å². The van der Waals surface area contributed by atoms with Gasteiger partial charge in [-0.3, -0.25) is 14.6 Å². The zero-order valence-electron chi connectivity index (χ0n) is 10.6.